The molecule has 0 aromatic rings. The normalized spacial score (nSPS) is 17.1. The molecule has 0 aromatic carbocycles. The lowest BCUT2D eigenvalue weighted by Crippen LogP contribution is -2.16. The maximum atomic E-state index is 11.9. The van der Waals surface area contributed by atoms with Gasteiger partial charge in [0, 0.05) is 6.16 Å². The minimum absolute atomic E-state index is 0.0474. The number of hydrogen-bond acceptors (Lipinski definition) is 2. The van der Waals surface area contributed by atoms with Gasteiger partial charge in [-0.1, -0.05) is 85.5 Å². The van der Waals surface area contributed by atoms with E-state index in [-0.39, 0.29) is 12.3 Å². The maximum Gasteiger partial charge on any atom is 0.328 e. The van der Waals surface area contributed by atoms with Gasteiger partial charge in [0.25, 0.3) is 0 Å². The van der Waals surface area contributed by atoms with Crippen LogP contribution in [0.2, 0.25) is 0 Å². The van der Waals surface area contributed by atoms with E-state index in [2.05, 4.69) is 20.8 Å². The van der Waals surface area contributed by atoms with Crippen LogP contribution >= 0.6 is 7.60 Å². The summed E-state index contributed by atoms with van der Waals surface area (Å²) >= 11 is 0. The van der Waals surface area contributed by atoms with E-state index in [9.17, 15) is 9.46 Å². The first-order valence-corrected chi connectivity index (χ1v) is 11.2. The van der Waals surface area contributed by atoms with E-state index in [1.165, 1.54) is 51.4 Å². The van der Waals surface area contributed by atoms with Crippen molar-refractivity contribution in [2.24, 2.45) is 5.92 Å². The predicted molar refractivity (Wildman–Crippen MR) is 96.5 cm³/mol. The molecule has 0 bridgehead atoms. The molecule has 0 rings (SSSR count). The van der Waals surface area contributed by atoms with Crippen LogP contribution in [0.25, 0.3) is 0 Å². The van der Waals surface area contributed by atoms with Crippen molar-refractivity contribution < 1.29 is 14.0 Å². The van der Waals surface area contributed by atoms with Crippen molar-refractivity contribution >= 4 is 7.60 Å². The van der Waals surface area contributed by atoms with Crippen molar-refractivity contribution in [2.45, 2.75) is 104 Å². The zero-order chi connectivity index (χ0) is 16.8. The third-order valence-corrected chi connectivity index (χ3v) is 5.74. The summed E-state index contributed by atoms with van der Waals surface area (Å²) in [4.78, 5) is 9.79. The summed E-state index contributed by atoms with van der Waals surface area (Å²) in [6, 6.07) is 0. The fourth-order valence-electron chi connectivity index (χ4n) is 2.81. The highest BCUT2D eigenvalue weighted by molar-refractivity contribution is 7.52. The Hall–Kier alpha value is 0.150. The van der Waals surface area contributed by atoms with Crippen LogP contribution in [0.4, 0.5) is 0 Å². The summed E-state index contributed by atoms with van der Waals surface area (Å²) in [5.41, 5.74) is 0. The molecule has 22 heavy (non-hydrogen) atoms. The second kappa shape index (κ2) is 13.6. The van der Waals surface area contributed by atoms with E-state index >= 15 is 0 Å². The highest BCUT2D eigenvalue weighted by Crippen LogP contribution is 2.44. The molecule has 0 heterocycles. The molecule has 134 valence electrons. The van der Waals surface area contributed by atoms with Gasteiger partial charge in [0.15, 0.2) is 0 Å². The third kappa shape index (κ3) is 12.7. The van der Waals surface area contributed by atoms with E-state index in [4.69, 9.17) is 4.52 Å². The summed E-state index contributed by atoms with van der Waals surface area (Å²) in [6.07, 6.45) is 13.1. The van der Waals surface area contributed by atoms with Crippen LogP contribution in [0.3, 0.4) is 0 Å². The monoisotopic (exact) mass is 334 g/mol. The molecule has 1 N–H and O–H groups in total. The van der Waals surface area contributed by atoms with Crippen molar-refractivity contribution in [1.29, 1.82) is 0 Å². The van der Waals surface area contributed by atoms with Gasteiger partial charge in [-0.25, -0.2) is 0 Å². The second-order valence-corrected chi connectivity index (χ2v) is 8.84. The lowest BCUT2D eigenvalue weighted by atomic mass is 9.94. The minimum atomic E-state index is -3.38. The average molecular weight is 334 g/mol. The zero-order valence-electron chi connectivity index (χ0n) is 15.4. The van der Waals surface area contributed by atoms with Crippen molar-refractivity contribution in [2.75, 3.05) is 6.16 Å². The van der Waals surface area contributed by atoms with E-state index in [0.29, 0.717) is 5.92 Å². The molecule has 0 saturated carbocycles. The first-order chi connectivity index (χ1) is 10.4. The Balaban J connectivity index is 4.22. The Morgan fingerprint density at radius 1 is 0.909 bits per heavy atom. The summed E-state index contributed by atoms with van der Waals surface area (Å²) in [6.45, 7) is 8.41. The molecular formula is C18H39O3P. The fraction of sp³-hybridized carbons (Fsp3) is 1.00. The molecule has 0 fully saturated rings. The van der Waals surface area contributed by atoms with Crippen molar-refractivity contribution in [3.8, 4) is 0 Å². The highest BCUT2D eigenvalue weighted by atomic mass is 31.2. The van der Waals surface area contributed by atoms with E-state index in [0.717, 1.165) is 19.3 Å². The molecule has 3 unspecified atom stereocenters. The molecule has 0 radical (unpaired) electrons. The Labute approximate surface area is 138 Å². The molecule has 3 atom stereocenters. The first kappa shape index (κ1) is 22.1. The quantitative estimate of drug-likeness (QED) is 0.273. The first-order valence-electron chi connectivity index (χ1n) is 9.45. The number of rotatable bonds is 15. The predicted octanol–water partition coefficient (Wildman–Crippen LogP) is 6.54. The Morgan fingerprint density at radius 2 is 1.45 bits per heavy atom. The molecule has 0 aliphatic heterocycles. The van der Waals surface area contributed by atoms with Crippen LogP contribution in [0.5, 0.6) is 0 Å². The molecule has 0 aliphatic rings. The molecule has 0 aromatic heterocycles. The molecule has 3 nitrogen and oxygen atoms in total. The highest BCUT2D eigenvalue weighted by Gasteiger charge is 2.24. The molecule has 0 aliphatic carbocycles. The van der Waals surface area contributed by atoms with Gasteiger partial charge in [-0.05, 0) is 18.8 Å². The van der Waals surface area contributed by atoms with E-state index < -0.39 is 7.60 Å². The van der Waals surface area contributed by atoms with Gasteiger partial charge in [-0.2, -0.15) is 0 Å². The second-order valence-electron chi connectivity index (χ2n) is 6.72. The van der Waals surface area contributed by atoms with Crippen LogP contribution in [-0.4, -0.2) is 17.2 Å². The number of hydrogen-bond donors (Lipinski definition) is 1. The van der Waals surface area contributed by atoms with Gasteiger partial charge >= 0.3 is 7.60 Å². The van der Waals surface area contributed by atoms with Gasteiger partial charge in [-0.15, -0.1) is 0 Å². The molecular weight excluding hydrogens is 295 g/mol. The summed E-state index contributed by atoms with van der Waals surface area (Å²) in [5, 5.41) is 0. The standard InChI is InChI=1S/C18H39O3P/c1-5-8-10-12-14-17(4)16-18(15-13-11-9-6-2)21-22(19,20)7-3/h17-18H,5-16H2,1-4H3,(H,19,20). The van der Waals surface area contributed by atoms with Crippen LogP contribution in [0, 0.1) is 5.92 Å². The zero-order valence-corrected chi connectivity index (χ0v) is 16.2. The molecule has 0 saturated heterocycles. The third-order valence-electron chi connectivity index (χ3n) is 4.31. The topological polar surface area (TPSA) is 46.5 Å². The summed E-state index contributed by atoms with van der Waals surface area (Å²) < 4.78 is 17.5. The largest absolute Gasteiger partial charge is 0.328 e. The van der Waals surface area contributed by atoms with Crippen LogP contribution in [-0.2, 0) is 9.09 Å². The Morgan fingerprint density at radius 3 is 1.95 bits per heavy atom. The van der Waals surface area contributed by atoms with Gasteiger partial charge in [0.2, 0.25) is 0 Å². The smallest absolute Gasteiger partial charge is 0.324 e. The average Bonchev–Trinajstić information content (AvgIpc) is 2.47. The molecule has 0 amide bonds. The van der Waals surface area contributed by atoms with Gasteiger partial charge in [0.1, 0.15) is 0 Å². The Bertz CT molecular complexity index is 294. The molecule has 0 spiro atoms. The Kier molecular flexibility index (Phi) is 13.7. The van der Waals surface area contributed by atoms with Gasteiger partial charge in [-0.3, -0.25) is 4.57 Å². The minimum Gasteiger partial charge on any atom is -0.324 e. The van der Waals surface area contributed by atoms with Crippen LogP contribution in [0.15, 0.2) is 0 Å². The number of unbranched alkanes of at least 4 members (excludes halogenated alkanes) is 6. The van der Waals surface area contributed by atoms with Crippen molar-refractivity contribution in [3.63, 3.8) is 0 Å². The van der Waals surface area contributed by atoms with Gasteiger partial charge in [0.05, 0.1) is 6.10 Å². The fourth-order valence-corrected chi connectivity index (χ4v) is 3.61. The van der Waals surface area contributed by atoms with Crippen LogP contribution < -0.4 is 0 Å². The summed E-state index contributed by atoms with van der Waals surface area (Å²) in [7, 11) is -3.38. The van der Waals surface area contributed by atoms with Gasteiger partial charge < -0.3 is 9.42 Å². The summed E-state index contributed by atoms with van der Waals surface area (Å²) in [5.74, 6) is 0.574. The SMILES string of the molecule is CCCCCCC(C)CC(CCCCCC)OP(=O)(O)CC. The van der Waals surface area contributed by atoms with E-state index in [1.807, 2.05) is 0 Å². The van der Waals surface area contributed by atoms with E-state index in [1.54, 1.807) is 6.92 Å². The van der Waals surface area contributed by atoms with Crippen molar-refractivity contribution in [3.05, 3.63) is 0 Å². The lowest BCUT2D eigenvalue weighted by molar-refractivity contribution is 0.135. The van der Waals surface area contributed by atoms with Crippen molar-refractivity contribution in [1.82, 2.24) is 0 Å². The molecule has 4 heteroatoms. The maximum absolute atomic E-state index is 11.9. The van der Waals surface area contributed by atoms with Crippen LogP contribution in [0.1, 0.15) is 98.3 Å². The lowest BCUT2D eigenvalue weighted by Gasteiger charge is -2.24.